The third-order valence-corrected chi connectivity index (χ3v) is 3.48. The van der Waals surface area contributed by atoms with E-state index in [1.165, 1.54) is 0 Å². The van der Waals surface area contributed by atoms with E-state index < -0.39 is 0 Å². The predicted octanol–water partition coefficient (Wildman–Crippen LogP) is 1.57. The molecule has 4 N–H and O–H groups in total. The number of nitrogens with two attached hydrogens (primary N) is 1. The van der Waals surface area contributed by atoms with Crippen molar-refractivity contribution in [3.63, 3.8) is 0 Å². The molecule has 0 saturated heterocycles. The zero-order chi connectivity index (χ0) is 12.3. The summed E-state index contributed by atoms with van der Waals surface area (Å²) in [6.07, 6.45) is 7.15. The van der Waals surface area contributed by atoms with E-state index in [0.717, 1.165) is 37.7 Å². The summed E-state index contributed by atoms with van der Waals surface area (Å²) in [5.41, 5.74) is 6.90. The number of aryl methyl sites for hydroxylation is 1. The van der Waals surface area contributed by atoms with Crippen LogP contribution in [-0.4, -0.2) is 21.6 Å². The van der Waals surface area contributed by atoms with Crippen LogP contribution in [0.1, 0.15) is 44.6 Å². The van der Waals surface area contributed by atoms with Gasteiger partial charge in [-0.05, 0) is 19.3 Å². The number of rotatable bonds is 4. The van der Waals surface area contributed by atoms with Crippen LogP contribution in [0.2, 0.25) is 0 Å². The normalized spacial score (nSPS) is 18.2. The number of H-pyrrole nitrogens is 1. The topological polar surface area (TPSA) is 83.8 Å². The Kier molecular flexibility index (Phi) is 3.47. The molecule has 1 aromatic rings. The molecule has 1 saturated carbocycles. The first kappa shape index (κ1) is 12.1. The van der Waals surface area contributed by atoms with E-state index in [9.17, 15) is 4.79 Å². The number of aromatic nitrogens is 2. The monoisotopic (exact) mass is 236 g/mol. The maximum atomic E-state index is 11.9. The van der Waals surface area contributed by atoms with Crippen molar-refractivity contribution in [2.24, 2.45) is 5.73 Å². The molecule has 1 fully saturated rings. The van der Waals surface area contributed by atoms with Gasteiger partial charge in [-0.1, -0.05) is 19.8 Å². The maximum Gasteiger partial charge on any atom is 0.227 e. The van der Waals surface area contributed by atoms with Gasteiger partial charge >= 0.3 is 0 Å². The quantitative estimate of drug-likeness (QED) is 0.742. The first-order chi connectivity index (χ1) is 8.13. The summed E-state index contributed by atoms with van der Waals surface area (Å²) in [6.45, 7) is 2.03. The van der Waals surface area contributed by atoms with Crippen LogP contribution in [-0.2, 0) is 11.2 Å². The van der Waals surface area contributed by atoms with Crippen molar-refractivity contribution in [2.45, 2.75) is 51.0 Å². The standard InChI is InChI=1S/C12H20N4O/c1-2-9-8-14-16-11(9)15-10(17)7-12(13)5-3-4-6-12/h8H,2-7,13H2,1H3,(H2,14,15,16,17). The number of nitrogens with one attached hydrogen (secondary N) is 2. The second-order valence-electron chi connectivity index (χ2n) is 4.92. The van der Waals surface area contributed by atoms with Crippen molar-refractivity contribution >= 4 is 11.7 Å². The molecule has 0 spiro atoms. The molecule has 0 aliphatic heterocycles. The van der Waals surface area contributed by atoms with E-state index in [4.69, 9.17) is 5.73 Å². The van der Waals surface area contributed by atoms with Crippen LogP contribution in [0.3, 0.4) is 0 Å². The molecule has 0 bridgehead atoms. The number of carbonyl (C=O) groups excluding carboxylic acids is 1. The number of hydrogen-bond donors (Lipinski definition) is 3. The fraction of sp³-hybridized carbons (Fsp3) is 0.667. The maximum absolute atomic E-state index is 11.9. The van der Waals surface area contributed by atoms with Crippen LogP contribution in [0.4, 0.5) is 5.82 Å². The van der Waals surface area contributed by atoms with Crippen molar-refractivity contribution < 1.29 is 4.79 Å². The van der Waals surface area contributed by atoms with E-state index in [-0.39, 0.29) is 11.4 Å². The number of nitrogens with zero attached hydrogens (tertiary/aromatic N) is 1. The Morgan fingerprint density at radius 3 is 2.94 bits per heavy atom. The lowest BCUT2D eigenvalue weighted by molar-refractivity contribution is -0.117. The fourth-order valence-electron chi connectivity index (χ4n) is 2.45. The first-order valence-corrected chi connectivity index (χ1v) is 6.24. The molecular weight excluding hydrogens is 216 g/mol. The van der Waals surface area contributed by atoms with Gasteiger partial charge in [0, 0.05) is 17.5 Å². The van der Waals surface area contributed by atoms with Gasteiger partial charge in [0.25, 0.3) is 0 Å². The average Bonchev–Trinajstić information content (AvgIpc) is 2.87. The van der Waals surface area contributed by atoms with E-state index >= 15 is 0 Å². The van der Waals surface area contributed by atoms with E-state index in [1.807, 2.05) is 6.92 Å². The largest absolute Gasteiger partial charge is 0.325 e. The molecule has 1 heterocycles. The summed E-state index contributed by atoms with van der Waals surface area (Å²) in [5.74, 6) is 0.687. The Morgan fingerprint density at radius 2 is 2.29 bits per heavy atom. The van der Waals surface area contributed by atoms with Crippen molar-refractivity contribution in [1.29, 1.82) is 0 Å². The highest BCUT2D eigenvalue weighted by atomic mass is 16.1. The van der Waals surface area contributed by atoms with Crippen LogP contribution in [0.25, 0.3) is 0 Å². The summed E-state index contributed by atoms with van der Waals surface area (Å²) >= 11 is 0. The lowest BCUT2D eigenvalue weighted by Gasteiger charge is -2.22. The van der Waals surface area contributed by atoms with Gasteiger partial charge in [0.2, 0.25) is 5.91 Å². The fourth-order valence-corrected chi connectivity index (χ4v) is 2.45. The SMILES string of the molecule is CCc1cn[nH]c1NC(=O)CC1(N)CCCC1. The molecule has 1 amide bonds. The van der Waals surface area contributed by atoms with Gasteiger partial charge in [0.05, 0.1) is 6.20 Å². The minimum Gasteiger partial charge on any atom is -0.325 e. The number of carbonyl (C=O) groups is 1. The van der Waals surface area contributed by atoms with Crippen LogP contribution in [0.5, 0.6) is 0 Å². The van der Waals surface area contributed by atoms with Gasteiger partial charge in [-0.15, -0.1) is 0 Å². The molecule has 0 unspecified atom stereocenters. The zero-order valence-corrected chi connectivity index (χ0v) is 10.3. The smallest absolute Gasteiger partial charge is 0.227 e. The molecule has 5 nitrogen and oxygen atoms in total. The number of amides is 1. The molecule has 2 rings (SSSR count). The molecule has 1 aliphatic rings. The minimum absolute atomic E-state index is 0.0200. The van der Waals surface area contributed by atoms with Crippen molar-refractivity contribution in [3.05, 3.63) is 11.8 Å². The van der Waals surface area contributed by atoms with Crippen molar-refractivity contribution in [3.8, 4) is 0 Å². The van der Waals surface area contributed by atoms with Gasteiger partial charge in [-0.25, -0.2) is 0 Å². The molecule has 17 heavy (non-hydrogen) atoms. The van der Waals surface area contributed by atoms with Crippen molar-refractivity contribution in [1.82, 2.24) is 10.2 Å². The number of hydrogen-bond acceptors (Lipinski definition) is 3. The third-order valence-electron chi connectivity index (χ3n) is 3.48. The van der Waals surface area contributed by atoms with Crippen LogP contribution < -0.4 is 11.1 Å². The van der Waals surface area contributed by atoms with Gasteiger partial charge in [-0.2, -0.15) is 5.10 Å². The molecule has 5 heteroatoms. The molecule has 1 aromatic heterocycles. The Labute approximate surface area is 101 Å². The predicted molar refractivity (Wildman–Crippen MR) is 66.6 cm³/mol. The van der Waals surface area contributed by atoms with Crippen LogP contribution in [0.15, 0.2) is 6.20 Å². The van der Waals surface area contributed by atoms with Crippen LogP contribution in [0, 0.1) is 0 Å². The summed E-state index contributed by atoms with van der Waals surface area (Å²) in [4.78, 5) is 11.9. The van der Waals surface area contributed by atoms with Gasteiger partial charge < -0.3 is 11.1 Å². The molecule has 94 valence electrons. The highest BCUT2D eigenvalue weighted by molar-refractivity contribution is 5.91. The first-order valence-electron chi connectivity index (χ1n) is 6.24. The lowest BCUT2D eigenvalue weighted by Crippen LogP contribution is -2.40. The van der Waals surface area contributed by atoms with Gasteiger partial charge in [0.1, 0.15) is 5.82 Å². The summed E-state index contributed by atoms with van der Waals surface area (Å²) in [5, 5.41) is 9.58. The highest BCUT2D eigenvalue weighted by Crippen LogP contribution is 2.30. The summed E-state index contributed by atoms with van der Waals surface area (Å²) in [6, 6.07) is 0. The average molecular weight is 236 g/mol. The Bertz CT molecular complexity index is 393. The summed E-state index contributed by atoms with van der Waals surface area (Å²) < 4.78 is 0. The Hall–Kier alpha value is -1.36. The molecule has 0 radical (unpaired) electrons. The summed E-state index contributed by atoms with van der Waals surface area (Å²) in [7, 11) is 0. The van der Waals surface area contributed by atoms with E-state index in [0.29, 0.717) is 12.2 Å². The highest BCUT2D eigenvalue weighted by Gasteiger charge is 2.31. The second kappa shape index (κ2) is 4.87. The number of aromatic amines is 1. The minimum atomic E-state index is -0.295. The molecule has 0 atom stereocenters. The molecule has 0 aromatic carbocycles. The second-order valence-corrected chi connectivity index (χ2v) is 4.92. The van der Waals surface area contributed by atoms with Gasteiger partial charge in [-0.3, -0.25) is 9.89 Å². The zero-order valence-electron chi connectivity index (χ0n) is 10.3. The Balaban J connectivity index is 1.93. The third kappa shape index (κ3) is 2.85. The van der Waals surface area contributed by atoms with Crippen LogP contribution >= 0.6 is 0 Å². The van der Waals surface area contributed by atoms with Gasteiger partial charge in [0.15, 0.2) is 0 Å². The van der Waals surface area contributed by atoms with Crippen molar-refractivity contribution in [2.75, 3.05) is 5.32 Å². The number of anilines is 1. The lowest BCUT2D eigenvalue weighted by atomic mass is 9.94. The van der Waals surface area contributed by atoms with E-state index in [1.54, 1.807) is 6.20 Å². The Morgan fingerprint density at radius 1 is 1.59 bits per heavy atom. The molecule has 1 aliphatic carbocycles. The van der Waals surface area contributed by atoms with E-state index in [2.05, 4.69) is 15.5 Å². The molecular formula is C12H20N4O.